The maximum Gasteiger partial charge on any atom is 0.230 e. The molecule has 21 heavy (non-hydrogen) atoms. The van der Waals surface area contributed by atoms with Gasteiger partial charge in [0.2, 0.25) is 5.88 Å². The highest BCUT2D eigenvalue weighted by atomic mass is 16.5. The summed E-state index contributed by atoms with van der Waals surface area (Å²) < 4.78 is 22.0. The van der Waals surface area contributed by atoms with Gasteiger partial charge in [0, 0.05) is 17.8 Å². The Morgan fingerprint density at radius 1 is 1.05 bits per heavy atom. The van der Waals surface area contributed by atoms with Crippen molar-refractivity contribution in [1.82, 2.24) is 15.0 Å². The average Bonchev–Trinajstić information content (AvgIpc) is 2.57. The molecule has 0 saturated heterocycles. The standard InChI is InChI=1S/C17H9N3O/c1-3-10-6-8-18-15-12-9-11-4-2-7-19-16(11)20-17(12)21-13(5-1)14(10)15/h1-9H/i6D,8D. The molecule has 0 atom stereocenters. The van der Waals surface area contributed by atoms with Crippen molar-refractivity contribution in [3.05, 3.63) is 54.8 Å². The van der Waals surface area contributed by atoms with Crippen LogP contribution in [0.3, 0.4) is 0 Å². The van der Waals surface area contributed by atoms with Crippen LogP contribution in [0, 0.1) is 0 Å². The second-order valence-electron chi connectivity index (χ2n) is 4.87. The summed E-state index contributed by atoms with van der Waals surface area (Å²) in [4.78, 5) is 13.0. The lowest BCUT2D eigenvalue weighted by Crippen LogP contribution is -2.01. The molecule has 4 heterocycles. The van der Waals surface area contributed by atoms with E-state index in [1.807, 2.05) is 36.4 Å². The maximum absolute atomic E-state index is 8.06. The van der Waals surface area contributed by atoms with Gasteiger partial charge >= 0.3 is 0 Å². The highest BCUT2D eigenvalue weighted by Gasteiger charge is 2.22. The molecule has 1 aromatic carbocycles. The summed E-state index contributed by atoms with van der Waals surface area (Å²) in [5.41, 5.74) is 1.96. The third-order valence-corrected chi connectivity index (χ3v) is 3.64. The van der Waals surface area contributed by atoms with E-state index >= 15 is 0 Å². The van der Waals surface area contributed by atoms with Crippen molar-refractivity contribution in [1.29, 1.82) is 0 Å². The zero-order valence-electron chi connectivity index (χ0n) is 12.8. The molecule has 3 aromatic heterocycles. The van der Waals surface area contributed by atoms with Crippen molar-refractivity contribution in [3.63, 3.8) is 0 Å². The second-order valence-corrected chi connectivity index (χ2v) is 4.87. The van der Waals surface area contributed by atoms with Gasteiger partial charge in [-0.05, 0) is 35.7 Å². The average molecular weight is 273 g/mol. The van der Waals surface area contributed by atoms with Gasteiger partial charge < -0.3 is 4.74 Å². The zero-order chi connectivity index (χ0) is 15.6. The van der Waals surface area contributed by atoms with Crippen LogP contribution in [0.2, 0.25) is 0 Å². The number of fused-ring (bicyclic) bond motifs is 3. The predicted octanol–water partition coefficient (Wildman–Crippen LogP) is 3.95. The number of ether oxygens (including phenoxy) is 1. The molecule has 0 aliphatic carbocycles. The van der Waals surface area contributed by atoms with Crippen LogP contribution in [0.5, 0.6) is 11.6 Å². The van der Waals surface area contributed by atoms with Gasteiger partial charge in [0.1, 0.15) is 5.75 Å². The van der Waals surface area contributed by atoms with Crippen LogP contribution in [0.4, 0.5) is 0 Å². The van der Waals surface area contributed by atoms with Gasteiger partial charge in [-0.15, -0.1) is 0 Å². The fourth-order valence-electron chi connectivity index (χ4n) is 2.70. The number of benzene rings is 1. The fourth-order valence-corrected chi connectivity index (χ4v) is 2.70. The van der Waals surface area contributed by atoms with Gasteiger partial charge in [0.05, 0.1) is 19.4 Å². The molecule has 0 radical (unpaired) electrons. The Bertz CT molecular complexity index is 1130. The predicted molar refractivity (Wildman–Crippen MR) is 80.3 cm³/mol. The lowest BCUT2D eigenvalue weighted by atomic mass is 10.0. The van der Waals surface area contributed by atoms with Crippen LogP contribution in [-0.4, -0.2) is 15.0 Å². The van der Waals surface area contributed by atoms with Crippen molar-refractivity contribution in [2.75, 3.05) is 0 Å². The van der Waals surface area contributed by atoms with Crippen LogP contribution in [-0.2, 0) is 0 Å². The number of aromatic nitrogens is 3. The Labute approximate surface area is 122 Å². The van der Waals surface area contributed by atoms with Crippen LogP contribution >= 0.6 is 0 Å². The molecule has 0 spiro atoms. The summed E-state index contributed by atoms with van der Waals surface area (Å²) in [6.07, 6.45) is 1.63. The zero-order valence-corrected chi connectivity index (χ0v) is 10.8. The lowest BCUT2D eigenvalue weighted by Gasteiger charge is -2.19. The summed E-state index contributed by atoms with van der Waals surface area (Å²) in [7, 11) is 0. The molecular formula is C17H9N3O. The number of rotatable bonds is 0. The van der Waals surface area contributed by atoms with Crippen molar-refractivity contribution < 1.29 is 7.48 Å². The topological polar surface area (TPSA) is 47.9 Å². The van der Waals surface area contributed by atoms with E-state index in [1.54, 1.807) is 6.20 Å². The summed E-state index contributed by atoms with van der Waals surface area (Å²) in [6.45, 7) is 0. The van der Waals surface area contributed by atoms with Crippen molar-refractivity contribution in [2.24, 2.45) is 0 Å². The molecule has 4 nitrogen and oxygen atoms in total. The van der Waals surface area contributed by atoms with E-state index in [9.17, 15) is 0 Å². The van der Waals surface area contributed by atoms with Crippen LogP contribution in [0.1, 0.15) is 2.74 Å². The van der Waals surface area contributed by atoms with E-state index in [0.717, 1.165) is 16.3 Å². The Hall–Kier alpha value is -3.01. The lowest BCUT2D eigenvalue weighted by molar-refractivity contribution is 0.468. The van der Waals surface area contributed by atoms with E-state index in [-0.39, 0.29) is 12.2 Å². The second kappa shape index (κ2) is 3.76. The summed E-state index contributed by atoms with van der Waals surface area (Å²) >= 11 is 0. The molecule has 0 saturated carbocycles. The van der Waals surface area contributed by atoms with E-state index < -0.39 is 0 Å². The molecular weight excluding hydrogens is 262 g/mol. The molecule has 4 aromatic rings. The molecule has 4 heteroatoms. The molecule has 0 unspecified atom stereocenters. The van der Waals surface area contributed by atoms with Gasteiger partial charge in [-0.2, -0.15) is 4.98 Å². The number of nitrogens with zero attached hydrogens (tertiary/aromatic N) is 3. The normalized spacial score (nSPS) is 13.5. The Kier molecular flexibility index (Phi) is 1.62. The van der Waals surface area contributed by atoms with Crippen LogP contribution in [0.25, 0.3) is 33.1 Å². The van der Waals surface area contributed by atoms with Crippen LogP contribution < -0.4 is 4.74 Å². The molecule has 1 aliphatic rings. The Morgan fingerprint density at radius 2 is 2.00 bits per heavy atom. The van der Waals surface area contributed by atoms with Crippen molar-refractivity contribution in [3.8, 4) is 22.9 Å². The molecule has 1 aliphatic heterocycles. The Morgan fingerprint density at radius 3 is 3.00 bits per heavy atom. The summed E-state index contributed by atoms with van der Waals surface area (Å²) in [5, 5.41) is 2.30. The molecule has 0 bridgehead atoms. The first-order valence-corrected chi connectivity index (χ1v) is 6.56. The molecule has 5 rings (SSSR count). The number of hydrogen-bond acceptors (Lipinski definition) is 4. The third kappa shape index (κ3) is 1.41. The van der Waals surface area contributed by atoms with Gasteiger partial charge in [-0.1, -0.05) is 12.1 Å². The highest BCUT2D eigenvalue weighted by molar-refractivity contribution is 6.03. The monoisotopic (exact) mass is 273 g/mol. The van der Waals surface area contributed by atoms with Gasteiger partial charge in [0.25, 0.3) is 0 Å². The Balaban J connectivity index is 1.96. The van der Waals surface area contributed by atoms with E-state index in [0.29, 0.717) is 28.4 Å². The van der Waals surface area contributed by atoms with Crippen LogP contribution in [0.15, 0.2) is 54.8 Å². The largest absolute Gasteiger partial charge is 0.437 e. The minimum Gasteiger partial charge on any atom is -0.437 e. The number of hydrogen-bond donors (Lipinski definition) is 0. The molecule has 0 fully saturated rings. The quantitative estimate of drug-likeness (QED) is 0.428. The maximum atomic E-state index is 8.06. The van der Waals surface area contributed by atoms with E-state index in [2.05, 4.69) is 15.0 Å². The minimum atomic E-state index is -0.0521. The first kappa shape index (κ1) is 9.02. The van der Waals surface area contributed by atoms with Gasteiger partial charge in [0.15, 0.2) is 5.65 Å². The number of pyridine rings is 3. The highest BCUT2D eigenvalue weighted by Crippen LogP contribution is 2.44. The summed E-state index contributed by atoms with van der Waals surface area (Å²) in [5.74, 6) is 1.04. The van der Waals surface area contributed by atoms with Crippen molar-refractivity contribution >= 4 is 21.8 Å². The van der Waals surface area contributed by atoms with Gasteiger partial charge in [-0.25, -0.2) is 4.98 Å². The molecule has 0 amide bonds. The third-order valence-electron chi connectivity index (χ3n) is 3.64. The minimum absolute atomic E-state index is 0.0521. The van der Waals surface area contributed by atoms with E-state index in [1.165, 1.54) is 0 Å². The van der Waals surface area contributed by atoms with Crippen molar-refractivity contribution in [2.45, 2.75) is 0 Å². The fraction of sp³-hybridized carbons (Fsp3) is 0. The SMILES string of the molecule is [2H]c1nc2c3c(cccc3c1[2H])Oc1nc3ncccc3cc1-2. The van der Waals surface area contributed by atoms with E-state index in [4.69, 9.17) is 7.48 Å². The van der Waals surface area contributed by atoms with Gasteiger partial charge in [-0.3, -0.25) is 4.98 Å². The molecule has 98 valence electrons. The molecule has 0 N–H and O–H groups in total. The smallest absolute Gasteiger partial charge is 0.230 e. The first-order valence-electron chi connectivity index (χ1n) is 7.56. The summed E-state index contributed by atoms with van der Waals surface area (Å²) in [6, 6.07) is 11.2. The first-order chi connectivity index (χ1) is 11.2.